The molecule has 1 heterocycles. The Morgan fingerprint density at radius 3 is 2.43 bits per heavy atom. The van der Waals surface area contributed by atoms with E-state index in [0.29, 0.717) is 12.6 Å². The molecule has 3 rings (SSSR count). The first-order chi connectivity index (χ1) is 14.7. The van der Waals surface area contributed by atoms with Crippen molar-refractivity contribution in [3.63, 3.8) is 0 Å². The minimum atomic E-state index is 0.0773. The van der Waals surface area contributed by atoms with Crippen LogP contribution in [0.25, 0.3) is 11.1 Å². The largest absolute Gasteiger partial charge is 0.392 e. The third-order valence-electron chi connectivity index (χ3n) is 6.09. The zero-order valence-electron chi connectivity index (χ0n) is 18.3. The summed E-state index contributed by atoms with van der Waals surface area (Å²) in [5.74, 6) is 0.254. The number of carbonyl (C=O) groups is 1. The number of amides is 1. The van der Waals surface area contributed by atoms with Gasteiger partial charge in [0.1, 0.15) is 0 Å². The van der Waals surface area contributed by atoms with Crippen LogP contribution < -0.4 is 5.32 Å². The third kappa shape index (κ3) is 6.68. The number of unbranched alkanes of at least 4 members (excludes halogenated alkanes) is 3. The quantitative estimate of drug-likeness (QED) is 0.536. The number of aliphatic hydroxyl groups excluding tert-OH is 1. The van der Waals surface area contributed by atoms with Crippen molar-refractivity contribution in [3.8, 4) is 11.1 Å². The van der Waals surface area contributed by atoms with Gasteiger partial charge in [0.15, 0.2) is 0 Å². The second-order valence-electron chi connectivity index (χ2n) is 8.48. The van der Waals surface area contributed by atoms with Gasteiger partial charge >= 0.3 is 0 Å². The van der Waals surface area contributed by atoms with E-state index in [0.717, 1.165) is 49.9 Å². The third-order valence-corrected chi connectivity index (χ3v) is 6.09. The SMILES string of the molecule is CC1CCCN1C(=O)CNCCCCCCc1cccc(-c2cccc(CO)c2)c1. The molecule has 1 saturated heterocycles. The average Bonchev–Trinajstić information content (AvgIpc) is 3.21. The van der Waals surface area contributed by atoms with Gasteiger partial charge in [-0.3, -0.25) is 4.79 Å². The average molecular weight is 409 g/mol. The van der Waals surface area contributed by atoms with E-state index in [1.54, 1.807) is 0 Å². The maximum Gasteiger partial charge on any atom is 0.236 e. The van der Waals surface area contributed by atoms with Crippen molar-refractivity contribution in [2.75, 3.05) is 19.6 Å². The van der Waals surface area contributed by atoms with Crippen LogP contribution in [0.4, 0.5) is 0 Å². The van der Waals surface area contributed by atoms with Crippen LogP contribution in [0.15, 0.2) is 48.5 Å². The summed E-state index contributed by atoms with van der Waals surface area (Å²) in [5, 5.41) is 12.7. The minimum Gasteiger partial charge on any atom is -0.392 e. The highest BCUT2D eigenvalue weighted by Crippen LogP contribution is 2.22. The van der Waals surface area contributed by atoms with Crippen molar-refractivity contribution in [2.45, 2.75) is 64.5 Å². The Morgan fingerprint density at radius 2 is 1.73 bits per heavy atom. The smallest absolute Gasteiger partial charge is 0.236 e. The Kier molecular flexibility index (Phi) is 8.91. The summed E-state index contributed by atoms with van der Waals surface area (Å²) in [5.41, 5.74) is 4.69. The molecular weight excluding hydrogens is 372 g/mol. The van der Waals surface area contributed by atoms with Gasteiger partial charge in [0, 0.05) is 12.6 Å². The van der Waals surface area contributed by atoms with Gasteiger partial charge < -0.3 is 15.3 Å². The lowest BCUT2D eigenvalue weighted by Crippen LogP contribution is -2.40. The molecule has 1 atom stereocenters. The van der Waals surface area contributed by atoms with Crippen molar-refractivity contribution in [3.05, 3.63) is 59.7 Å². The number of aliphatic hydroxyl groups is 1. The fourth-order valence-electron chi connectivity index (χ4n) is 4.29. The molecule has 30 heavy (non-hydrogen) atoms. The fraction of sp³-hybridized carbons (Fsp3) is 0.500. The molecule has 162 valence electrons. The molecule has 2 aromatic carbocycles. The van der Waals surface area contributed by atoms with E-state index in [-0.39, 0.29) is 12.5 Å². The van der Waals surface area contributed by atoms with Crippen molar-refractivity contribution in [1.82, 2.24) is 10.2 Å². The van der Waals surface area contributed by atoms with Crippen molar-refractivity contribution >= 4 is 5.91 Å². The molecule has 4 heteroatoms. The number of benzene rings is 2. The Bertz CT molecular complexity index is 805. The van der Waals surface area contributed by atoms with Gasteiger partial charge in [-0.15, -0.1) is 0 Å². The van der Waals surface area contributed by atoms with Crippen molar-refractivity contribution in [1.29, 1.82) is 0 Å². The lowest BCUT2D eigenvalue weighted by Gasteiger charge is -2.21. The molecule has 1 amide bonds. The van der Waals surface area contributed by atoms with E-state index < -0.39 is 0 Å². The van der Waals surface area contributed by atoms with Crippen LogP contribution in [0.1, 0.15) is 56.6 Å². The number of hydrogen-bond acceptors (Lipinski definition) is 3. The second kappa shape index (κ2) is 11.9. The molecule has 0 aromatic heterocycles. The van der Waals surface area contributed by atoms with E-state index in [1.807, 2.05) is 17.0 Å². The topological polar surface area (TPSA) is 52.6 Å². The zero-order valence-corrected chi connectivity index (χ0v) is 18.3. The van der Waals surface area contributed by atoms with E-state index in [1.165, 1.54) is 30.4 Å². The lowest BCUT2D eigenvalue weighted by molar-refractivity contribution is -0.130. The van der Waals surface area contributed by atoms with Crippen LogP contribution in [0.2, 0.25) is 0 Å². The summed E-state index contributed by atoms with van der Waals surface area (Å²) in [6.45, 7) is 4.55. The van der Waals surface area contributed by atoms with Crippen LogP contribution in [0.3, 0.4) is 0 Å². The normalized spacial score (nSPS) is 16.2. The number of hydrogen-bond donors (Lipinski definition) is 2. The fourth-order valence-corrected chi connectivity index (χ4v) is 4.29. The molecule has 0 radical (unpaired) electrons. The Hall–Kier alpha value is -2.17. The molecule has 2 N–H and O–H groups in total. The minimum absolute atomic E-state index is 0.0773. The van der Waals surface area contributed by atoms with Gasteiger partial charge in [-0.2, -0.15) is 0 Å². The molecule has 2 aromatic rings. The van der Waals surface area contributed by atoms with E-state index in [2.05, 4.69) is 48.6 Å². The van der Waals surface area contributed by atoms with E-state index in [9.17, 15) is 9.90 Å². The highest BCUT2D eigenvalue weighted by Gasteiger charge is 2.24. The summed E-state index contributed by atoms with van der Waals surface area (Å²) in [7, 11) is 0. The highest BCUT2D eigenvalue weighted by atomic mass is 16.3. The number of rotatable bonds is 11. The van der Waals surface area contributed by atoms with Gasteiger partial charge in [-0.25, -0.2) is 0 Å². The molecule has 0 saturated carbocycles. The molecule has 0 aliphatic carbocycles. The molecule has 4 nitrogen and oxygen atoms in total. The van der Waals surface area contributed by atoms with Crippen LogP contribution in [-0.2, 0) is 17.8 Å². The molecule has 0 spiro atoms. The lowest BCUT2D eigenvalue weighted by atomic mass is 9.99. The predicted molar refractivity (Wildman–Crippen MR) is 123 cm³/mol. The number of carbonyl (C=O) groups excluding carboxylic acids is 1. The van der Waals surface area contributed by atoms with Gasteiger partial charge in [-0.1, -0.05) is 55.3 Å². The van der Waals surface area contributed by atoms with Crippen LogP contribution in [-0.4, -0.2) is 41.6 Å². The van der Waals surface area contributed by atoms with Crippen molar-refractivity contribution in [2.24, 2.45) is 0 Å². The Labute approximate surface area is 181 Å². The number of likely N-dealkylation sites (tertiary alicyclic amines) is 1. The summed E-state index contributed by atoms with van der Waals surface area (Å²) >= 11 is 0. The Balaban J connectivity index is 1.31. The molecule has 1 aliphatic rings. The van der Waals surface area contributed by atoms with Gasteiger partial charge in [0.2, 0.25) is 5.91 Å². The van der Waals surface area contributed by atoms with E-state index in [4.69, 9.17) is 0 Å². The van der Waals surface area contributed by atoms with Gasteiger partial charge in [-0.05, 0) is 73.9 Å². The predicted octanol–water partition coefficient (Wildman–Crippen LogP) is 4.55. The Morgan fingerprint density at radius 1 is 1.03 bits per heavy atom. The summed E-state index contributed by atoms with van der Waals surface area (Å²) < 4.78 is 0. The van der Waals surface area contributed by atoms with Crippen LogP contribution in [0.5, 0.6) is 0 Å². The maximum atomic E-state index is 12.2. The van der Waals surface area contributed by atoms with E-state index >= 15 is 0 Å². The molecule has 1 fully saturated rings. The first-order valence-corrected chi connectivity index (χ1v) is 11.5. The molecule has 1 aliphatic heterocycles. The highest BCUT2D eigenvalue weighted by molar-refractivity contribution is 5.78. The molecular formula is C26H36N2O2. The molecule has 0 bridgehead atoms. The number of nitrogens with one attached hydrogen (secondary N) is 1. The summed E-state index contributed by atoms with van der Waals surface area (Å²) in [6.07, 6.45) is 8.09. The molecule has 1 unspecified atom stereocenters. The number of nitrogens with zero attached hydrogens (tertiary/aromatic N) is 1. The van der Waals surface area contributed by atoms with Crippen LogP contribution in [0, 0.1) is 0 Å². The second-order valence-corrected chi connectivity index (χ2v) is 8.48. The van der Waals surface area contributed by atoms with Crippen molar-refractivity contribution < 1.29 is 9.90 Å². The number of aryl methyl sites for hydroxylation is 1. The van der Waals surface area contributed by atoms with Gasteiger partial charge in [0.25, 0.3) is 0 Å². The van der Waals surface area contributed by atoms with Gasteiger partial charge in [0.05, 0.1) is 13.2 Å². The van der Waals surface area contributed by atoms with Crippen LogP contribution >= 0.6 is 0 Å². The monoisotopic (exact) mass is 408 g/mol. The first-order valence-electron chi connectivity index (χ1n) is 11.5. The maximum absolute atomic E-state index is 12.2. The summed E-state index contributed by atoms with van der Waals surface area (Å²) in [6, 6.07) is 17.2. The first kappa shape index (κ1) is 22.5. The standard InChI is InChI=1S/C26H36N2O2/c1-21-9-8-16-28(21)26(30)19-27-15-5-3-2-4-10-22-11-6-13-24(17-22)25-14-7-12-23(18-25)20-29/h6-7,11-14,17-18,21,27,29H,2-5,8-10,15-16,19-20H2,1H3. The zero-order chi connectivity index (χ0) is 21.2. The summed E-state index contributed by atoms with van der Waals surface area (Å²) in [4.78, 5) is 14.2.